The Bertz CT molecular complexity index is 844. The van der Waals surface area contributed by atoms with E-state index in [2.05, 4.69) is 9.99 Å². The highest BCUT2D eigenvalue weighted by Crippen LogP contribution is 2.16. The molecule has 0 aliphatic carbocycles. The van der Waals surface area contributed by atoms with E-state index in [0.29, 0.717) is 43.7 Å². The van der Waals surface area contributed by atoms with Crippen LogP contribution >= 0.6 is 0 Å². The number of piperidine rings is 1. The molecule has 10 nitrogen and oxygen atoms in total. The van der Waals surface area contributed by atoms with E-state index in [1.807, 2.05) is 0 Å². The van der Waals surface area contributed by atoms with Crippen LogP contribution in [0.15, 0.2) is 29.4 Å². The molecule has 2 rings (SSSR count). The first-order valence-corrected chi connectivity index (χ1v) is 10.5. The first-order valence-electron chi connectivity index (χ1n) is 10.5. The monoisotopic (exact) mass is 447 g/mol. The van der Waals surface area contributed by atoms with Gasteiger partial charge < -0.3 is 24.9 Å². The van der Waals surface area contributed by atoms with Crippen LogP contribution in [0.4, 0.5) is 0 Å². The maximum absolute atomic E-state index is 12.4. The number of oxime groups is 1. The first kappa shape index (κ1) is 25.0. The Morgan fingerprint density at radius 2 is 1.69 bits per heavy atom. The molecule has 2 N–H and O–H groups in total. The number of ketones is 1. The molecule has 1 aromatic carbocycles. The van der Waals surface area contributed by atoms with E-state index in [-0.39, 0.29) is 43.1 Å². The van der Waals surface area contributed by atoms with Crippen molar-refractivity contribution < 1.29 is 33.5 Å². The smallest absolute Gasteiger partial charge is 0.332 e. The van der Waals surface area contributed by atoms with E-state index in [1.165, 1.54) is 6.92 Å². The largest absolute Gasteiger partial charge is 0.464 e. The SMILES string of the molecule is CCOC(=O)COC1CCN(C(=O)CCC(=O)c2ccc(/C(N)=N/OC(C)=O)cc2)CC1. The second kappa shape index (κ2) is 12.6. The van der Waals surface area contributed by atoms with Gasteiger partial charge in [-0.3, -0.25) is 9.59 Å². The number of likely N-dealkylation sites (tertiary alicyclic amines) is 1. The molecule has 0 bridgehead atoms. The topological polar surface area (TPSA) is 138 Å². The van der Waals surface area contributed by atoms with Gasteiger partial charge in [0.25, 0.3) is 0 Å². The minimum absolute atomic E-state index is 0.0176. The molecular formula is C22H29N3O7. The highest BCUT2D eigenvalue weighted by Gasteiger charge is 2.24. The standard InChI is InChI=1S/C22H29N3O7/c1-3-30-21(29)14-31-18-10-12-25(13-11-18)20(28)9-8-19(27)16-4-6-17(7-5-16)22(23)24-32-15(2)26/h4-7,18H,3,8-14H2,1-2H3,(H2,23,24). The third-order valence-corrected chi connectivity index (χ3v) is 4.88. The van der Waals surface area contributed by atoms with Gasteiger partial charge in [-0.1, -0.05) is 29.4 Å². The summed E-state index contributed by atoms with van der Waals surface area (Å²) < 4.78 is 10.4. The summed E-state index contributed by atoms with van der Waals surface area (Å²) in [5, 5.41) is 3.49. The molecule has 1 aliphatic heterocycles. The molecule has 32 heavy (non-hydrogen) atoms. The molecule has 1 heterocycles. The summed E-state index contributed by atoms with van der Waals surface area (Å²) in [5.74, 6) is -1.21. The van der Waals surface area contributed by atoms with E-state index in [0.717, 1.165) is 0 Å². The molecule has 10 heteroatoms. The third-order valence-electron chi connectivity index (χ3n) is 4.88. The van der Waals surface area contributed by atoms with Crippen LogP contribution in [0.25, 0.3) is 0 Å². The fourth-order valence-corrected chi connectivity index (χ4v) is 3.18. The molecule has 174 valence electrons. The minimum Gasteiger partial charge on any atom is -0.464 e. The number of amides is 1. The van der Waals surface area contributed by atoms with Crippen molar-refractivity contribution in [3.63, 3.8) is 0 Å². The van der Waals surface area contributed by atoms with Crippen LogP contribution in [0.1, 0.15) is 55.5 Å². The number of esters is 1. The molecule has 0 saturated carbocycles. The summed E-state index contributed by atoms with van der Waals surface area (Å²) in [4.78, 5) is 53.2. The average molecular weight is 447 g/mol. The number of carbonyl (C=O) groups is 4. The molecule has 1 aromatic rings. The van der Waals surface area contributed by atoms with Crippen LogP contribution in [-0.4, -0.2) is 66.8 Å². The fourth-order valence-electron chi connectivity index (χ4n) is 3.18. The lowest BCUT2D eigenvalue weighted by Gasteiger charge is -2.31. The maximum atomic E-state index is 12.4. The molecule has 0 aromatic heterocycles. The maximum Gasteiger partial charge on any atom is 0.332 e. The zero-order chi connectivity index (χ0) is 23.5. The van der Waals surface area contributed by atoms with Gasteiger partial charge in [-0.2, -0.15) is 0 Å². The Morgan fingerprint density at radius 3 is 2.28 bits per heavy atom. The molecule has 1 fully saturated rings. The Labute approximate surface area is 186 Å². The number of rotatable bonds is 10. The van der Waals surface area contributed by atoms with E-state index in [9.17, 15) is 19.2 Å². The van der Waals surface area contributed by atoms with Crippen molar-refractivity contribution in [2.45, 2.75) is 45.6 Å². The zero-order valence-corrected chi connectivity index (χ0v) is 18.4. The Kier molecular flexibility index (Phi) is 9.80. The molecule has 1 amide bonds. The van der Waals surface area contributed by atoms with Crippen LogP contribution in [0.5, 0.6) is 0 Å². The fraction of sp³-hybridized carbons (Fsp3) is 0.500. The Hall–Kier alpha value is -3.27. The van der Waals surface area contributed by atoms with Gasteiger partial charge in [0, 0.05) is 44.0 Å². The molecule has 1 aliphatic rings. The summed E-state index contributed by atoms with van der Waals surface area (Å²) in [6.07, 6.45) is 1.40. The van der Waals surface area contributed by atoms with Crippen LogP contribution < -0.4 is 5.73 Å². The number of Topliss-reactive ketones (excluding diaryl/α,β-unsaturated/α-hetero) is 1. The number of nitrogens with zero attached hydrogens (tertiary/aromatic N) is 2. The summed E-state index contributed by atoms with van der Waals surface area (Å²) in [7, 11) is 0. The number of nitrogens with two attached hydrogens (primary N) is 1. The van der Waals surface area contributed by atoms with E-state index in [1.54, 1.807) is 36.1 Å². The van der Waals surface area contributed by atoms with Gasteiger partial charge in [-0.15, -0.1) is 0 Å². The number of hydrogen-bond donors (Lipinski definition) is 1. The lowest BCUT2D eigenvalue weighted by atomic mass is 10.0. The number of benzene rings is 1. The number of hydrogen-bond acceptors (Lipinski definition) is 8. The van der Waals surface area contributed by atoms with E-state index in [4.69, 9.17) is 15.2 Å². The van der Waals surface area contributed by atoms with Crippen molar-refractivity contribution in [3.05, 3.63) is 35.4 Å². The number of ether oxygens (including phenoxy) is 2. The van der Waals surface area contributed by atoms with Gasteiger partial charge in [-0.05, 0) is 19.8 Å². The summed E-state index contributed by atoms with van der Waals surface area (Å²) in [6, 6.07) is 6.37. The summed E-state index contributed by atoms with van der Waals surface area (Å²) in [6.45, 7) is 4.23. The molecule has 0 radical (unpaired) electrons. The normalized spacial score (nSPS) is 14.7. The Balaban J connectivity index is 1.75. The second-order valence-electron chi connectivity index (χ2n) is 7.26. The minimum atomic E-state index is -0.585. The van der Waals surface area contributed by atoms with E-state index >= 15 is 0 Å². The van der Waals surface area contributed by atoms with Gasteiger partial charge in [-0.25, -0.2) is 9.59 Å². The van der Waals surface area contributed by atoms with Crippen molar-refractivity contribution in [2.75, 3.05) is 26.3 Å². The van der Waals surface area contributed by atoms with Gasteiger partial charge in [0.05, 0.1) is 12.7 Å². The van der Waals surface area contributed by atoms with Crippen LogP contribution in [0.3, 0.4) is 0 Å². The van der Waals surface area contributed by atoms with Crippen molar-refractivity contribution in [3.8, 4) is 0 Å². The lowest BCUT2D eigenvalue weighted by molar-refractivity contribution is -0.152. The second-order valence-corrected chi connectivity index (χ2v) is 7.26. The molecule has 1 saturated heterocycles. The highest BCUT2D eigenvalue weighted by atomic mass is 16.7. The van der Waals surface area contributed by atoms with Crippen LogP contribution in [-0.2, 0) is 28.7 Å². The van der Waals surface area contributed by atoms with Gasteiger partial charge in [0.15, 0.2) is 11.6 Å². The van der Waals surface area contributed by atoms with Crippen molar-refractivity contribution in [1.82, 2.24) is 4.90 Å². The Morgan fingerprint density at radius 1 is 1.06 bits per heavy atom. The van der Waals surface area contributed by atoms with E-state index < -0.39 is 11.9 Å². The van der Waals surface area contributed by atoms with Crippen LogP contribution in [0, 0.1) is 0 Å². The number of amidine groups is 1. The van der Waals surface area contributed by atoms with Gasteiger partial charge >= 0.3 is 11.9 Å². The van der Waals surface area contributed by atoms with Crippen molar-refractivity contribution >= 4 is 29.5 Å². The van der Waals surface area contributed by atoms with Gasteiger partial charge in [0.1, 0.15) is 6.61 Å². The molecule has 0 unspecified atom stereocenters. The summed E-state index contributed by atoms with van der Waals surface area (Å²) >= 11 is 0. The molecule has 0 spiro atoms. The van der Waals surface area contributed by atoms with Crippen LogP contribution in [0.2, 0.25) is 0 Å². The zero-order valence-electron chi connectivity index (χ0n) is 18.4. The first-order chi connectivity index (χ1) is 15.3. The average Bonchev–Trinajstić information content (AvgIpc) is 2.80. The quantitative estimate of drug-likeness (QED) is 0.142. The van der Waals surface area contributed by atoms with Crippen molar-refractivity contribution in [1.29, 1.82) is 0 Å². The highest BCUT2D eigenvalue weighted by molar-refractivity contribution is 6.01. The van der Waals surface area contributed by atoms with Crippen molar-refractivity contribution in [2.24, 2.45) is 10.9 Å². The molecular weight excluding hydrogens is 418 g/mol. The third kappa shape index (κ3) is 8.10. The number of carbonyl (C=O) groups excluding carboxylic acids is 4. The van der Waals surface area contributed by atoms with Gasteiger partial charge in [0.2, 0.25) is 5.91 Å². The predicted molar refractivity (Wildman–Crippen MR) is 115 cm³/mol. The predicted octanol–water partition coefficient (Wildman–Crippen LogP) is 1.40. The summed E-state index contributed by atoms with van der Waals surface area (Å²) in [5.41, 5.74) is 6.67. The lowest BCUT2D eigenvalue weighted by Crippen LogP contribution is -2.41. The molecule has 0 atom stereocenters.